The topological polar surface area (TPSA) is 80.9 Å². The van der Waals surface area contributed by atoms with Gasteiger partial charge < -0.3 is 20.4 Å². The Morgan fingerprint density at radius 2 is 0.471 bits per heavy atom. The molecule has 0 aromatic carbocycles. The van der Waals surface area contributed by atoms with Gasteiger partial charge in [0.1, 0.15) is 0 Å². The fraction of sp³-hybridized carbons (Fsp3) is 1.00. The van der Waals surface area contributed by atoms with Gasteiger partial charge in [-0.25, -0.2) is 0 Å². The largest absolute Gasteiger partial charge is 0.387 e. The minimum absolute atomic E-state index is 0. The second-order valence-electron chi connectivity index (χ2n) is 6.24. The van der Waals surface area contributed by atoms with E-state index in [1.165, 1.54) is 0 Å². The molecule has 0 bridgehead atoms. The fourth-order valence-electron chi connectivity index (χ4n) is 0. The van der Waals surface area contributed by atoms with Crippen LogP contribution in [-0.4, -0.2) is 51.2 Å². The lowest BCUT2D eigenvalue weighted by Gasteiger charge is -2.31. The van der Waals surface area contributed by atoms with Crippen molar-refractivity contribution in [2.45, 2.75) is 77.8 Å². The first kappa shape index (κ1) is 22.1. The van der Waals surface area contributed by atoms with Crippen LogP contribution in [0.3, 0.4) is 0 Å². The predicted octanol–water partition coefficient (Wildman–Crippen LogP) is -0.128. The van der Waals surface area contributed by atoms with Gasteiger partial charge in [0, 0.05) is 0 Å². The van der Waals surface area contributed by atoms with Crippen LogP contribution in [-0.2, 0) is 0 Å². The van der Waals surface area contributed by atoms with Crippen LogP contribution in [0.1, 0.15) is 55.4 Å². The van der Waals surface area contributed by atoms with Crippen LogP contribution in [0.15, 0.2) is 0 Å². The Labute approximate surface area is 107 Å². The van der Waals surface area contributed by atoms with Gasteiger partial charge in [-0.3, -0.25) is 0 Å². The van der Waals surface area contributed by atoms with Gasteiger partial charge in [-0.1, -0.05) is 0 Å². The highest BCUT2D eigenvalue weighted by molar-refractivity contribution is 5.75. The summed E-state index contributed by atoms with van der Waals surface area (Å²) < 4.78 is 0. The third kappa shape index (κ3) is 9.59. The highest BCUT2D eigenvalue weighted by atomic mass is 16.4. The summed E-state index contributed by atoms with van der Waals surface area (Å²) in [6, 6.07) is 0. The Kier molecular flexibility index (Phi) is 8.04. The predicted molar refractivity (Wildman–Crippen MR) is 75.1 cm³/mol. The average Bonchev–Trinajstić information content (AvgIpc) is 1.77. The molecular formula is C12H31BO4. The summed E-state index contributed by atoms with van der Waals surface area (Å²) in [5.74, 6) is 0. The summed E-state index contributed by atoms with van der Waals surface area (Å²) in [7, 11) is 0. The highest BCUT2D eigenvalue weighted by Gasteiger charge is 2.32. The Morgan fingerprint density at radius 1 is 0.412 bits per heavy atom. The van der Waals surface area contributed by atoms with Crippen LogP contribution in [0.2, 0.25) is 0 Å². The van der Waals surface area contributed by atoms with Gasteiger partial charge in [0.15, 0.2) is 0 Å². The molecule has 0 aliphatic carbocycles. The summed E-state index contributed by atoms with van der Waals surface area (Å²) in [6.45, 7) is 12.6. The molecular weight excluding hydrogens is 219 g/mol. The summed E-state index contributed by atoms with van der Waals surface area (Å²) >= 11 is 0. The molecule has 0 heterocycles. The Hall–Kier alpha value is -0.0951. The van der Waals surface area contributed by atoms with Crippen molar-refractivity contribution < 1.29 is 20.4 Å². The second kappa shape index (κ2) is 6.18. The lowest BCUT2D eigenvalue weighted by atomic mass is 9.90. The van der Waals surface area contributed by atoms with Crippen molar-refractivity contribution >= 4 is 8.41 Å². The first-order valence-electron chi connectivity index (χ1n) is 5.39. The molecule has 0 rings (SSSR count). The maximum absolute atomic E-state index is 9.10. The van der Waals surface area contributed by atoms with Gasteiger partial charge in [0.2, 0.25) is 0 Å². The quantitative estimate of drug-likeness (QED) is 0.515. The Bertz CT molecular complexity index is 153. The van der Waals surface area contributed by atoms with Gasteiger partial charge in [0.05, 0.1) is 30.8 Å². The minimum atomic E-state index is -1.01. The van der Waals surface area contributed by atoms with Crippen LogP contribution in [0.5, 0.6) is 0 Å². The molecule has 106 valence electrons. The molecule has 0 aromatic heterocycles. The molecule has 0 unspecified atom stereocenters. The van der Waals surface area contributed by atoms with E-state index in [1.807, 2.05) is 0 Å². The van der Waals surface area contributed by atoms with E-state index in [-0.39, 0.29) is 8.41 Å². The number of rotatable bonds is 2. The molecule has 0 atom stereocenters. The molecule has 0 amide bonds. The van der Waals surface area contributed by atoms with Crippen LogP contribution < -0.4 is 0 Å². The summed E-state index contributed by atoms with van der Waals surface area (Å²) in [5, 5.41) is 36.4. The molecule has 0 aromatic rings. The zero-order valence-electron chi connectivity index (χ0n) is 11.8. The molecule has 4 N–H and O–H groups in total. The monoisotopic (exact) mass is 250 g/mol. The lowest BCUT2D eigenvalue weighted by molar-refractivity contribution is -0.107. The van der Waals surface area contributed by atoms with Gasteiger partial charge in [0.25, 0.3) is 0 Å². The number of hydrogen-bond donors (Lipinski definition) is 4. The van der Waals surface area contributed by atoms with Crippen molar-refractivity contribution in [3.8, 4) is 0 Å². The maximum atomic E-state index is 9.10. The van der Waals surface area contributed by atoms with Crippen LogP contribution >= 0.6 is 0 Å². The average molecular weight is 250 g/mol. The first-order chi connectivity index (χ1) is 6.50. The van der Waals surface area contributed by atoms with Gasteiger partial charge >= 0.3 is 0 Å². The Balaban J connectivity index is -0.000000218. The number of aliphatic hydroxyl groups is 4. The molecule has 5 heteroatoms. The molecule has 0 aliphatic rings. The van der Waals surface area contributed by atoms with Crippen LogP contribution in [0.25, 0.3) is 0 Å². The third-order valence-corrected chi connectivity index (χ3v) is 2.99. The van der Waals surface area contributed by atoms with Crippen molar-refractivity contribution in [3.63, 3.8) is 0 Å². The van der Waals surface area contributed by atoms with Gasteiger partial charge in [-0.15, -0.1) is 0 Å². The minimum Gasteiger partial charge on any atom is -0.387 e. The van der Waals surface area contributed by atoms with Crippen LogP contribution in [0.4, 0.5) is 0 Å². The second-order valence-corrected chi connectivity index (χ2v) is 6.24. The fourth-order valence-corrected chi connectivity index (χ4v) is 0. The summed E-state index contributed by atoms with van der Waals surface area (Å²) in [4.78, 5) is 0. The van der Waals surface area contributed by atoms with E-state index >= 15 is 0 Å². The summed E-state index contributed by atoms with van der Waals surface area (Å²) in [6.07, 6.45) is 0. The van der Waals surface area contributed by atoms with Crippen molar-refractivity contribution in [2.75, 3.05) is 0 Å². The molecule has 0 radical (unpaired) electrons. The van der Waals surface area contributed by atoms with Crippen molar-refractivity contribution in [1.29, 1.82) is 0 Å². The molecule has 0 saturated heterocycles. The van der Waals surface area contributed by atoms with Crippen molar-refractivity contribution in [2.24, 2.45) is 0 Å². The van der Waals surface area contributed by atoms with Gasteiger partial charge in [-0.05, 0) is 55.4 Å². The maximum Gasteiger partial charge on any atom is 0.0872 e. The number of hydrogen-bond acceptors (Lipinski definition) is 4. The zero-order chi connectivity index (χ0) is 14.0. The van der Waals surface area contributed by atoms with Gasteiger partial charge in [-0.2, -0.15) is 0 Å². The third-order valence-electron chi connectivity index (χ3n) is 2.99. The molecule has 0 saturated carbocycles. The Morgan fingerprint density at radius 3 is 0.471 bits per heavy atom. The van der Waals surface area contributed by atoms with E-state index in [0.717, 1.165) is 0 Å². The smallest absolute Gasteiger partial charge is 0.0872 e. The molecule has 0 spiro atoms. The van der Waals surface area contributed by atoms with E-state index in [9.17, 15) is 0 Å². The first-order valence-corrected chi connectivity index (χ1v) is 5.39. The standard InChI is InChI=1S/2C6H14O2.BH3/c2*1-5(2,7)6(3,4)8;/h2*7-8H,1-4H3;1H3. The van der Waals surface area contributed by atoms with E-state index in [1.54, 1.807) is 55.4 Å². The zero-order valence-corrected chi connectivity index (χ0v) is 11.8. The van der Waals surface area contributed by atoms with Crippen molar-refractivity contribution in [1.82, 2.24) is 0 Å². The van der Waals surface area contributed by atoms with E-state index < -0.39 is 22.4 Å². The summed E-state index contributed by atoms with van der Waals surface area (Å²) in [5.41, 5.74) is -4.03. The van der Waals surface area contributed by atoms with Crippen molar-refractivity contribution in [3.05, 3.63) is 0 Å². The van der Waals surface area contributed by atoms with Crippen LogP contribution in [0, 0.1) is 0 Å². The lowest BCUT2D eigenvalue weighted by Crippen LogP contribution is -2.44. The molecule has 0 aliphatic heterocycles. The SMILES string of the molecule is B.CC(C)(O)C(C)(C)O.CC(C)(O)C(C)(C)O. The van der Waals surface area contributed by atoms with E-state index in [0.29, 0.717) is 0 Å². The highest BCUT2D eigenvalue weighted by Crippen LogP contribution is 2.19. The molecule has 4 nitrogen and oxygen atoms in total. The van der Waals surface area contributed by atoms with E-state index in [4.69, 9.17) is 20.4 Å². The molecule has 17 heavy (non-hydrogen) atoms. The van der Waals surface area contributed by atoms with E-state index in [2.05, 4.69) is 0 Å². The molecule has 0 fully saturated rings. The normalized spacial score (nSPS) is 13.4.